The summed E-state index contributed by atoms with van der Waals surface area (Å²) in [6, 6.07) is 6.62. The number of nitrogens with zero attached hydrogens (tertiary/aromatic N) is 1. The van der Waals surface area contributed by atoms with Gasteiger partial charge in [-0.2, -0.15) is 0 Å². The van der Waals surface area contributed by atoms with Gasteiger partial charge < -0.3 is 33.2 Å². The van der Waals surface area contributed by atoms with E-state index in [0.717, 1.165) is 46.4 Å². The van der Waals surface area contributed by atoms with Crippen LogP contribution >= 0.6 is 11.8 Å². The zero-order chi connectivity index (χ0) is 32.0. The van der Waals surface area contributed by atoms with Crippen molar-refractivity contribution in [3.8, 4) is 0 Å². The minimum Gasteiger partial charge on any atom is -0.462 e. The SMILES string of the molecule is COC(OC)c1ccccc1S[C@@H](C[N+](=O)[O-])[C@@H](OC(C)=O)[C@@H](OC(C)=O)[C@H](OC(C)=O)[C@@H](COC(C)=O)OC(C)=O. The van der Waals surface area contributed by atoms with Gasteiger partial charge in [-0.1, -0.05) is 18.2 Å². The molecule has 0 N–H and O–H groups in total. The van der Waals surface area contributed by atoms with Crippen LogP contribution in [0.25, 0.3) is 0 Å². The second-order valence-corrected chi connectivity index (χ2v) is 9.97. The molecule has 0 aliphatic carbocycles. The number of hydrogen-bond acceptors (Lipinski definition) is 15. The van der Waals surface area contributed by atoms with Crippen LogP contribution in [-0.4, -0.2) is 91.8 Å². The number of methoxy groups -OCH3 is 2. The lowest BCUT2D eigenvalue weighted by Gasteiger charge is -2.37. The van der Waals surface area contributed by atoms with E-state index >= 15 is 0 Å². The Bertz CT molecular complexity index is 1110. The van der Waals surface area contributed by atoms with Crippen LogP contribution in [0.15, 0.2) is 29.2 Å². The Morgan fingerprint density at radius 3 is 1.74 bits per heavy atom. The fourth-order valence-electron chi connectivity index (χ4n) is 3.86. The minimum absolute atomic E-state index is 0.428. The molecule has 42 heavy (non-hydrogen) atoms. The maximum atomic E-state index is 12.3. The zero-order valence-corrected chi connectivity index (χ0v) is 25.1. The van der Waals surface area contributed by atoms with Crippen molar-refractivity contribution >= 4 is 41.6 Å². The van der Waals surface area contributed by atoms with Crippen molar-refractivity contribution in [1.29, 1.82) is 0 Å². The molecule has 0 fully saturated rings. The van der Waals surface area contributed by atoms with Gasteiger partial charge in [-0.25, -0.2) is 0 Å². The molecule has 0 bridgehead atoms. The highest BCUT2D eigenvalue weighted by Gasteiger charge is 2.48. The van der Waals surface area contributed by atoms with Crippen LogP contribution in [-0.2, 0) is 57.1 Å². The lowest BCUT2D eigenvalue weighted by atomic mass is 9.99. The van der Waals surface area contributed by atoms with E-state index in [9.17, 15) is 34.1 Å². The molecular weight excluding hydrogens is 582 g/mol. The van der Waals surface area contributed by atoms with Crippen LogP contribution in [0.4, 0.5) is 0 Å². The van der Waals surface area contributed by atoms with Gasteiger partial charge in [-0.3, -0.25) is 34.1 Å². The van der Waals surface area contributed by atoms with Gasteiger partial charge in [0.05, 0.1) is 0 Å². The molecule has 1 aromatic rings. The standard InChI is InChI=1S/C26H35NO14S/c1-14(28)37-13-20(38-15(2)29)23(39-16(3)30)25(41-18(5)32)24(40-17(4)31)22(12-27(33)34)42-21-11-9-8-10-19(21)26(35-6)36-7/h8-11,20,22-26H,12-13H2,1-7H3/t20-,22+,23-,24-,25+/m1/s1. The molecule has 234 valence electrons. The average molecular weight is 618 g/mol. The number of thioether (sulfide) groups is 1. The van der Waals surface area contributed by atoms with Crippen molar-refractivity contribution in [3.63, 3.8) is 0 Å². The second kappa shape index (κ2) is 17.9. The number of rotatable bonds is 17. The van der Waals surface area contributed by atoms with Crippen molar-refractivity contribution in [2.75, 3.05) is 27.4 Å². The zero-order valence-electron chi connectivity index (χ0n) is 24.3. The molecule has 0 unspecified atom stereocenters. The first-order chi connectivity index (χ1) is 19.7. The van der Waals surface area contributed by atoms with E-state index in [4.69, 9.17) is 33.2 Å². The molecule has 0 spiro atoms. The first-order valence-corrected chi connectivity index (χ1v) is 13.3. The van der Waals surface area contributed by atoms with Crippen LogP contribution in [0.5, 0.6) is 0 Å². The summed E-state index contributed by atoms with van der Waals surface area (Å²) in [7, 11) is 2.79. The first-order valence-electron chi connectivity index (χ1n) is 12.4. The van der Waals surface area contributed by atoms with Crippen molar-refractivity contribution < 1.29 is 62.1 Å². The molecule has 0 amide bonds. The van der Waals surface area contributed by atoms with Gasteiger partial charge in [0.25, 0.3) is 0 Å². The van der Waals surface area contributed by atoms with E-state index in [1.807, 2.05) is 0 Å². The topological polar surface area (TPSA) is 193 Å². The molecule has 0 aliphatic heterocycles. The van der Waals surface area contributed by atoms with Crippen LogP contribution < -0.4 is 0 Å². The third kappa shape index (κ3) is 12.4. The Kier molecular flexibility index (Phi) is 15.5. The summed E-state index contributed by atoms with van der Waals surface area (Å²) in [6.45, 7) is 3.64. The van der Waals surface area contributed by atoms with Gasteiger partial charge in [-0.15, -0.1) is 11.8 Å². The van der Waals surface area contributed by atoms with Crippen LogP contribution in [0.3, 0.4) is 0 Å². The normalized spacial score (nSPS) is 14.5. The molecule has 16 heteroatoms. The Morgan fingerprint density at radius 2 is 1.26 bits per heavy atom. The maximum Gasteiger partial charge on any atom is 0.303 e. The maximum absolute atomic E-state index is 12.3. The number of esters is 5. The van der Waals surface area contributed by atoms with Crippen molar-refractivity contribution in [2.24, 2.45) is 0 Å². The third-order valence-corrected chi connectivity index (χ3v) is 6.61. The number of ether oxygens (including phenoxy) is 7. The Labute approximate surface area is 246 Å². The molecule has 5 atom stereocenters. The molecular formula is C26H35NO14S. The van der Waals surface area contributed by atoms with Gasteiger partial charge in [0.1, 0.15) is 11.9 Å². The molecule has 0 radical (unpaired) electrons. The van der Waals surface area contributed by atoms with Gasteiger partial charge >= 0.3 is 29.8 Å². The molecule has 0 saturated carbocycles. The number of nitro groups is 1. The summed E-state index contributed by atoms with van der Waals surface area (Å²) in [5, 5.41) is 10.6. The molecule has 0 heterocycles. The summed E-state index contributed by atoms with van der Waals surface area (Å²) in [5.41, 5.74) is 0.482. The Morgan fingerprint density at radius 1 is 0.762 bits per heavy atom. The van der Waals surface area contributed by atoms with Crippen molar-refractivity contribution in [1.82, 2.24) is 0 Å². The second-order valence-electron chi connectivity index (χ2n) is 8.69. The summed E-state index contributed by atoms with van der Waals surface area (Å²) >= 11 is 0.885. The van der Waals surface area contributed by atoms with E-state index in [1.165, 1.54) is 14.2 Å². The number of carbonyl (C=O) groups is 5. The molecule has 0 saturated heterocycles. The van der Waals surface area contributed by atoms with Gasteiger partial charge in [0.2, 0.25) is 6.54 Å². The summed E-state index contributed by atoms with van der Waals surface area (Å²) < 4.78 is 37.2. The highest BCUT2D eigenvalue weighted by Crippen LogP contribution is 2.36. The Balaban J connectivity index is 3.86. The van der Waals surface area contributed by atoms with E-state index in [-0.39, 0.29) is 0 Å². The smallest absolute Gasteiger partial charge is 0.303 e. The fourth-order valence-corrected chi connectivity index (χ4v) is 5.19. The monoisotopic (exact) mass is 617 g/mol. The predicted molar refractivity (Wildman–Crippen MR) is 144 cm³/mol. The Hall–Kier alpha value is -3.76. The number of carbonyl (C=O) groups excluding carboxylic acids is 5. The van der Waals surface area contributed by atoms with Crippen molar-refractivity contribution in [3.05, 3.63) is 39.9 Å². The molecule has 0 aliphatic rings. The van der Waals surface area contributed by atoms with Gasteiger partial charge in [0, 0.05) is 64.2 Å². The average Bonchev–Trinajstić information content (AvgIpc) is 2.87. The molecule has 15 nitrogen and oxygen atoms in total. The molecule has 1 aromatic carbocycles. The van der Waals surface area contributed by atoms with Crippen LogP contribution in [0, 0.1) is 10.1 Å². The van der Waals surface area contributed by atoms with Gasteiger partial charge in [0.15, 0.2) is 30.7 Å². The van der Waals surface area contributed by atoms with E-state index in [2.05, 4.69) is 0 Å². The summed E-state index contributed by atoms with van der Waals surface area (Å²) in [6.07, 6.45) is -7.63. The highest BCUT2D eigenvalue weighted by molar-refractivity contribution is 8.00. The fraction of sp³-hybridized carbons (Fsp3) is 0.577. The largest absolute Gasteiger partial charge is 0.462 e. The molecule has 1 rings (SSSR count). The number of hydrogen-bond donors (Lipinski definition) is 0. The van der Waals surface area contributed by atoms with Crippen molar-refractivity contribution in [2.45, 2.75) is 75.5 Å². The van der Waals surface area contributed by atoms with Crippen LogP contribution in [0.2, 0.25) is 0 Å². The van der Waals surface area contributed by atoms with Crippen LogP contribution in [0.1, 0.15) is 46.5 Å². The number of benzene rings is 1. The predicted octanol–water partition coefficient (Wildman–Crippen LogP) is 2.01. The van der Waals surface area contributed by atoms with E-state index in [0.29, 0.717) is 10.5 Å². The lowest BCUT2D eigenvalue weighted by molar-refractivity contribution is -0.481. The quantitative estimate of drug-likeness (QED) is 0.0615. The third-order valence-electron chi connectivity index (χ3n) is 5.26. The van der Waals surface area contributed by atoms with E-state index < -0.39 is 83.9 Å². The summed E-state index contributed by atoms with van der Waals surface area (Å²) in [4.78, 5) is 71.9. The highest BCUT2D eigenvalue weighted by atomic mass is 32.2. The first kappa shape index (κ1) is 36.3. The minimum atomic E-state index is -1.78. The lowest BCUT2D eigenvalue weighted by Crippen LogP contribution is -2.56. The van der Waals surface area contributed by atoms with E-state index in [1.54, 1.807) is 24.3 Å². The summed E-state index contributed by atoms with van der Waals surface area (Å²) in [5.74, 6) is -4.47. The molecule has 0 aromatic heterocycles. The van der Waals surface area contributed by atoms with Gasteiger partial charge in [-0.05, 0) is 6.07 Å².